The summed E-state index contributed by atoms with van der Waals surface area (Å²) in [6.45, 7) is 0.0768. The Bertz CT molecular complexity index is 341. The number of carboxylic acids is 1. The van der Waals surface area contributed by atoms with Gasteiger partial charge in [-0.3, -0.25) is 4.79 Å². The van der Waals surface area contributed by atoms with Crippen molar-refractivity contribution in [2.24, 2.45) is 0 Å². The first kappa shape index (κ1) is 11.0. The zero-order valence-electron chi connectivity index (χ0n) is 7.17. The molecular weight excluding hydrogens is 255 g/mol. The normalized spacial score (nSPS) is 9.86. The molecule has 0 aliphatic heterocycles. The summed E-state index contributed by atoms with van der Waals surface area (Å²) in [7, 11) is 0. The van der Waals surface area contributed by atoms with Crippen LogP contribution in [0.25, 0.3) is 0 Å². The third-order valence-corrected chi connectivity index (χ3v) is 2.08. The SMILES string of the molecule is O=C(O)CCOc1ccc(F)c(Br)c1. The fourth-order valence-corrected chi connectivity index (χ4v) is 1.18. The van der Waals surface area contributed by atoms with Crippen LogP contribution >= 0.6 is 15.9 Å². The zero-order valence-corrected chi connectivity index (χ0v) is 8.75. The number of hydrogen-bond donors (Lipinski definition) is 1. The van der Waals surface area contributed by atoms with Gasteiger partial charge in [0, 0.05) is 0 Å². The molecule has 0 saturated carbocycles. The highest BCUT2D eigenvalue weighted by Crippen LogP contribution is 2.21. The van der Waals surface area contributed by atoms with E-state index in [2.05, 4.69) is 15.9 Å². The van der Waals surface area contributed by atoms with Gasteiger partial charge in [0.05, 0.1) is 17.5 Å². The van der Waals surface area contributed by atoms with E-state index in [0.717, 1.165) is 0 Å². The summed E-state index contributed by atoms with van der Waals surface area (Å²) in [5.74, 6) is -0.860. The molecule has 0 spiro atoms. The van der Waals surface area contributed by atoms with Crippen molar-refractivity contribution in [2.75, 3.05) is 6.61 Å². The van der Waals surface area contributed by atoms with Gasteiger partial charge in [-0.25, -0.2) is 4.39 Å². The van der Waals surface area contributed by atoms with Crippen molar-refractivity contribution in [1.82, 2.24) is 0 Å². The van der Waals surface area contributed by atoms with Gasteiger partial charge in [-0.15, -0.1) is 0 Å². The average Bonchev–Trinajstić information content (AvgIpc) is 2.10. The van der Waals surface area contributed by atoms with E-state index in [-0.39, 0.29) is 18.8 Å². The minimum atomic E-state index is -0.925. The lowest BCUT2D eigenvalue weighted by Crippen LogP contribution is -2.04. The minimum Gasteiger partial charge on any atom is -0.493 e. The van der Waals surface area contributed by atoms with E-state index < -0.39 is 5.97 Å². The largest absolute Gasteiger partial charge is 0.493 e. The first-order valence-corrected chi connectivity index (χ1v) is 4.68. The number of ether oxygens (including phenoxy) is 1. The van der Waals surface area contributed by atoms with E-state index in [0.29, 0.717) is 10.2 Å². The van der Waals surface area contributed by atoms with Gasteiger partial charge in [0.15, 0.2) is 0 Å². The molecule has 14 heavy (non-hydrogen) atoms. The van der Waals surface area contributed by atoms with Gasteiger partial charge in [0.25, 0.3) is 0 Å². The van der Waals surface area contributed by atoms with Crippen LogP contribution in [-0.2, 0) is 4.79 Å². The van der Waals surface area contributed by atoms with E-state index in [1.807, 2.05) is 0 Å². The van der Waals surface area contributed by atoms with Crippen LogP contribution in [0.1, 0.15) is 6.42 Å². The van der Waals surface area contributed by atoms with Gasteiger partial charge in [0.1, 0.15) is 11.6 Å². The molecule has 0 aromatic heterocycles. The molecule has 0 heterocycles. The van der Waals surface area contributed by atoms with Crippen LogP contribution in [0, 0.1) is 5.82 Å². The summed E-state index contributed by atoms with van der Waals surface area (Å²) in [4.78, 5) is 10.2. The maximum atomic E-state index is 12.8. The van der Waals surface area contributed by atoms with Crippen molar-refractivity contribution < 1.29 is 19.0 Å². The minimum absolute atomic E-state index is 0.0744. The van der Waals surface area contributed by atoms with Gasteiger partial charge in [0.2, 0.25) is 0 Å². The average molecular weight is 263 g/mol. The monoisotopic (exact) mass is 262 g/mol. The molecule has 1 aromatic carbocycles. The van der Waals surface area contributed by atoms with Crippen molar-refractivity contribution in [3.8, 4) is 5.75 Å². The van der Waals surface area contributed by atoms with E-state index >= 15 is 0 Å². The van der Waals surface area contributed by atoms with Crippen LogP contribution in [0.4, 0.5) is 4.39 Å². The lowest BCUT2D eigenvalue weighted by atomic mass is 10.3. The fourth-order valence-electron chi connectivity index (χ4n) is 0.823. The van der Waals surface area contributed by atoms with Gasteiger partial charge in [-0.05, 0) is 34.1 Å². The summed E-state index contributed by atoms with van der Waals surface area (Å²) in [5, 5.41) is 8.34. The predicted molar refractivity (Wildman–Crippen MR) is 51.8 cm³/mol. The molecule has 1 aromatic rings. The summed E-state index contributed by atoms with van der Waals surface area (Å²) in [6, 6.07) is 4.15. The molecule has 0 bridgehead atoms. The number of carboxylic acid groups (broad SMARTS) is 1. The molecule has 0 atom stereocenters. The second kappa shape index (κ2) is 4.95. The van der Waals surface area contributed by atoms with E-state index in [1.54, 1.807) is 0 Å². The quantitative estimate of drug-likeness (QED) is 0.907. The van der Waals surface area contributed by atoms with Crippen LogP contribution in [0.5, 0.6) is 5.75 Å². The van der Waals surface area contributed by atoms with Crippen LogP contribution in [0.2, 0.25) is 0 Å². The molecule has 1 N–H and O–H groups in total. The van der Waals surface area contributed by atoms with Crippen molar-refractivity contribution in [1.29, 1.82) is 0 Å². The molecule has 3 nitrogen and oxygen atoms in total. The molecule has 0 unspecified atom stereocenters. The Balaban J connectivity index is 2.51. The van der Waals surface area contributed by atoms with Gasteiger partial charge >= 0.3 is 5.97 Å². The molecule has 0 fully saturated rings. The number of carbonyl (C=O) groups is 1. The number of benzene rings is 1. The Kier molecular flexibility index (Phi) is 3.88. The van der Waals surface area contributed by atoms with E-state index in [9.17, 15) is 9.18 Å². The maximum absolute atomic E-state index is 12.8. The Morgan fingerprint density at radius 1 is 1.57 bits per heavy atom. The highest BCUT2D eigenvalue weighted by molar-refractivity contribution is 9.10. The van der Waals surface area contributed by atoms with Crippen LogP contribution in [0.15, 0.2) is 22.7 Å². The third-order valence-electron chi connectivity index (χ3n) is 1.48. The summed E-state index contributed by atoms with van der Waals surface area (Å²) >= 11 is 3.00. The molecule has 0 aliphatic rings. The van der Waals surface area contributed by atoms with E-state index in [4.69, 9.17) is 9.84 Å². The smallest absolute Gasteiger partial charge is 0.306 e. The van der Waals surface area contributed by atoms with Crippen molar-refractivity contribution >= 4 is 21.9 Å². The van der Waals surface area contributed by atoms with Crippen LogP contribution in [-0.4, -0.2) is 17.7 Å². The topological polar surface area (TPSA) is 46.5 Å². The molecule has 0 amide bonds. The second-order valence-corrected chi connectivity index (χ2v) is 3.42. The number of hydrogen-bond acceptors (Lipinski definition) is 2. The molecule has 5 heteroatoms. The maximum Gasteiger partial charge on any atom is 0.306 e. The van der Waals surface area contributed by atoms with Crippen molar-refractivity contribution in [3.63, 3.8) is 0 Å². The highest BCUT2D eigenvalue weighted by atomic mass is 79.9. The Labute approximate surface area is 88.6 Å². The summed E-state index contributed by atoms with van der Waals surface area (Å²) < 4.78 is 18.1. The van der Waals surface area contributed by atoms with Gasteiger partial charge in [-0.2, -0.15) is 0 Å². The Hall–Kier alpha value is -1.10. The van der Waals surface area contributed by atoms with Crippen molar-refractivity contribution in [2.45, 2.75) is 6.42 Å². The lowest BCUT2D eigenvalue weighted by Gasteiger charge is -2.04. The molecule has 1 rings (SSSR count). The highest BCUT2D eigenvalue weighted by Gasteiger charge is 2.02. The standard InChI is InChI=1S/C9H8BrFO3/c10-7-5-6(1-2-8(7)11)14-4-3-9(12)13/h1-2,5H,3-4H2,(H,12,13). The van der Waals surface area contributed by atoms with Gasteiger partial charge in [-0.1, -0.05) is 0 Å². The van der Waals surface area contributed by atoms with E-state index in [1.165, 1.54) is 18.2 Å². The molecule has 0 saturated heterocycles. The first-order valence-electron chi connectivity index (χ1n) is 3.89. The summed E-state index contributed by atoms with van der Waals surface area (Å²) in [6.07, 6.45) is -0.0744. The first-order chi connectivity index (χ1) is 6.59. The number of aliphatic carboxylic acids is 1. The predicted octanol–water partition coefficient (Wildman–Crippen LogP) is 2.44. The molecular formula is C9H8BrFO3. The second-order valence-electron chi connectivity index (χ2n) is 2.57. The lowest BCUT2D eigenvalue weighted by molar-refractivity contribution is -0.137. The summed E-state index contributed by atoms with van der Waals surface area (Å²) in [5.41, 5.74) is 0. The zero-order chi connectivity index (χ0) is 10.6. The third kappa shape index (κ3) is 3.33. The van der Waals surface area contributed by atoms with Crippen LogP contribution in [0.3, 0.4) is 0 Å². The Morgan fingerprint density at radius 3 is 2.86 bits per heavy atom. The van der Waals surface area contributed by atoms with Crippen molar-refractivity contribution in [3.05, 3.63) is 28.5 Å². The number of rotatable bonds is 4. The fraction of sp³-hybridized carbons (Fsp3) is 0.222. The molecule has 0 aliphatic carbocycles. The number of halogens is 2. The molecule has 0 radical (unpaired) electrons. The Morgan fingerprint density at radius 2 is 2.29 bits per heavy atom. The van der Waals surface area contributed by atoms with Gasteiger partial charge < -0.3 is 9.84 Å². The van der Waals surface area contributed by atoms with Crippen LogP contribution < -0.4 is 4.74 Å². The molecule has 76 valence electrons.